The van der Waals surface area contributed by atoms with Gasteiger partial charge in [-0.3, -0.25) is 24.6 Å². The Hall–Kier alpha value is -9.59. The molecule has 8 aliphatic rings. The van der Waals surface area contributed by atoms with Gasteiger partial charge in [0.15, 0.2) is 11.6 Å². The molecule has 616 valence electrons. The maximum Gasteiger partial charge on any atom is 0.412 e. The molecule has 4 aliphatic heterocycles. The van der Waals surface area contributed by atoms with Crippen LogP contribution in [-0.2, 0) is 23.9 Å². The Morgan fingerprint density at radius 2 is 0.786 bits per heavy atom. The quantitative estimate of drug-likeness (QED) is 0.0436. The van der Waals surface area contributed by atoms with E-state index in [1.807, 2.05) is 81.7 Å². The summed E-state index contributed by atoms with van der Waals surface area (Å²) in [6.07, 6.45) is 26.9. The highest BCUT2D eigenvalue weighted by Gasteiger charge is 2.30. The van der Waals surface area contributed by atoms with Gasteiger partial charge in [0.1, 0.15) is 28.6 Å². The van der Waals surface area contributed by atoms with Crippen molar-refractivity contribution in [2.75, 3.05) is 73.6 Å². The molecule has 4 aliphatic carbocycles. The number of urea groups is 1. The predicted molar refractivity (Wildman–Crippen MR) is 431 cm³/mol. The van der Waals surface area contributed by atoms with Crippen molar-refractivity contribution in [2.45, 2.75) is 288 Å². The summed E-state index contributed by atoms with van der Waals surface area (Å²) in [5, 5.41) is 46.8. The largest absolute Gasteiger partial charge is 0.444 e. The van der Waals surface area contributed by atoms with Crippen LogP contribution in [0.4, 0.5) is 54.3 Å². The minimum atomic E-state index is -0.468. The first kappa shape index (κ1) is 86.4. The zero-order valence-corrected chi connectivity index (χ0v) is 67.4. The third kappa shape index (κ3) is 31.2. The first-order chi connectivity index (χ1) is 53.7. The lowest BCUT2D eigenvalue weighted by Crippen LogP contribution is -2.51. The average Bonchev–Trinajstić information content (AvgIpc) is 1.73. The van der Waals surface area contributed by atoms with E-state index in [2.05, 4.69) is 106 Å². The van der Waals surface area contributed by atoms with Gasteiger partial charge in [0.05, 0.1) is 0 Å². The van der Waals surface area contributed by atoms with Gasteiger partial charge in [0, 0.05) is 156 Å². The second-order valence-electron chi connectivity index (χ2n) is 32.7. The third-order valence-corrected chi connectivity index (χ3v) is 21.3. The number of carbonyl (C=O) groups is 7. The van der Waals surface area contributed by atoms with Crippen LogP contribution >= 0.6 is 0 Å². The number of aromatic nitrogens is 8. The maximum atomic E-state index is 12.5. The molecule has 13 rings (SSSR count). The van der Waals surface area contributed by atoms with Gasteiger partial charge < -0.3 is 87.8 Å². The Morgan fingerprint density at radius 3 is 1.19 bits per heavy atom. The molecule has 32 nitrogen and oxygen atoms in total. The number of hydrogen-bond acceptors (Lipinski definition) is 22. The van der Waals surface area contributed by atoms with Crippen LogP contribution < -0.4 is 63.6 Å². The summed E-state index contributed by atoms with van der Waals surface area (Å²) in [6.45, 7) is 22.4. The van der Waals surface area contributed by atoms with Gasteiger partial charge in [0.2, 0.25) is 29.6 Å². The first-order valence-electron chi connectivity index (χ1n) is 40.8. The van der Waals surface area contributed by atoms with Gasteiger partial charge in [-0.25, -0.2) is 29.1 Å². The lowest BCUT2D eigenvalue weighted by atomic mass is 9.91. The fourth-order valence-electron chi connectivity index (χ4n) is 15.1. The Bertz CT molecular complexity index is 3700. The second kappa shape index (κ2) is 43.4. The number of carbonyl (C=O) groups excluding carboxylic acids is 7. The normalized spacial score (nSPS) is 20.8. The number of rotatable bonds is 16. The van der Waals surface area contributed by atoms with E-state index in [0.717, 1.165) is 141 Å². The van der Waals surface area contributed by atoms with Gasteiger partial charge in [-0.05, 0) is 207 Å². The Morgan fingerprint density at radius 1 is 0.429 bits per heavy atom. The smallest absolute Gasteiger partial charge is 0.412 e. The number of piperidine rings is 4. The SMILES string of the molecule is CC(=O)N1CCC(N)CC1.CC(=O)N1CCC(NC(=O)NC2CCC(Nc3nccc(Nc4cc(C5CCCC5)[nH]n4)n3)CC2)CC1.CC(=O)N1CCC(NC(=O)OC(C)(C)C)CC1.CC(C)(C)OC(=O)NC1CCNCC1.O=C(NC1CCC(Nc2nccc(Nc3cc(C4CCCC4)[nH]n3)n2)CC1)Oc1ccccc1. The molecule has 0 bridgehead atoms. The van der Waals surface area contributed by atoms with Crippen molar-refractivity contribution in [3.8, 4) is 5.75 Å². The topological polar surface area (TPSA) is 412 Å². The van der Waals surface area contributed by atoms with Crippen molar-refractivity contribution in [1.29, 1.82) is 0 Å². The van der Waals surface area contributed by atoms with E-state index in [4.69, 9.17) is 19.9 Å². The standard InChI is InChI=1S/C26H39N9O2.C25H31N7O2.C12H22N2O3.C10H20N2O2.C7H14N2O/c1-17(36)35-14-11-21(12-15-35)30-26(37)29-20-8-6-19(7-9-20)28-25-27-13-10-23(32-25)31-24-16-22(33-34-24)18-4-2-3-5-18;33-25(34-20-8-2-1-3-9-20)28-19-12-10-18(11-13-19)27-24-26-15-14-22(30-24)29-23-16-21(31-32-23)17-6-4-5-7-17;1-9(15)14-7-5-10(6-8-14)13-11(16)17-12(2,3)4;1-10(2,3)14-9(13)12-8-4-6-11-7-5-8;1-6(10)9-4-2-7(8)3-5-9/h10,13,16,18-21H,2-9,11-12,14-15H2,1H3,(H2,29,30,37)(H3,27,28,31,32,33,34);1-3,8-9,14-19H,4-7,10-13H2,(H,28,33)(H3,26,27,29,30,31,32);10H,5-8H2,1-4H3,(H,13,16);8,11H,4-7H2,1-3H3,(H,12,13);7H,2-5,8H2,1H3. The summed E-state index contributed by atoms with van der Waals surface area (Å²) < 4.78 is 15.7. The van der Waals surface area contributed by atoms with Gasteiger partial charge in [-0.1, -0.05) is 43.9 Å². The molecule has 4 saturated carbocycles. The number of H-pyrrole nitrogens is 2. The van der Waals surface area contributed by atoms with Crippen LogP contribution in [0.1, 0.15) is 240 Å². The van der Waals surface area contributed by atoms with E-state index < -0.39 is 17.3 Å². The molecule has 14 N–H and O–H groups in total. The van der Waals surface area contributed by atoms with Crippen molar-refractivity contribution >= 4 is 77.2 Å². The molecule has 0 atom stereocenters. The number of nitrogens with zero attached hydrogens (tertiary/aromatic N) is 9. The van der Waals surface area contributed by atoms with Crippen LogP contribution in [0, 0.1) is 0 Å². The molecule has 8 amide bonds. The fourth-order valence-corrected chi connectivity index (χ4v) is 15.1. The summed E-state index contributed by atoms with van der Waals surface area (Å²) in [5.41, 5.74) is 7.18. The summed E-state index contributed by atoms with van der Waals surface area (Å²) >= 11 is 0. The summed E-state index contributed by atoms with van der Waals surface area (Å²) in [7, 11) is 0. The molecule has 1 aromatic carbocycles. The minimum Gasteiger partial charge on any atom is -0.444 e. The van der Waals surface area contributed by atoms with Crippen LogP contribution in [0.15, 0.2) is 67.0 Å². The van der Waals surface area contributed by atoms with Gasteiger partial charge in [-0.2, -0.15) is 20.2 Å². The van der Waals surface area contributed by atoms with E-state index >= 15 is 0 Å². The lowest BCUT2D eigenvalue weighted by Gasteiger charge is -2.33. The van der Waals surface area contributed by atoms with Crippen molar-refractivity contribution in [1.82, 2.24) is 86.9 Å². The first-order valence-corrected chi connectivity index (χ1v) is 40.8. The Kier molecular flexibility index (Phi) is 33.5. The van der Waals surface area contributed by atoms with Crippen molar-refractivity contribution in [2.24, 2.45) is 5.73 Å². The summed E-state index contributed by atoms with van der Waals surface area (Å²) in [4.78, 5) is 104. The van der Waals surface area contributed by atoms with Crippen LogP contribution in [0.3, 0.4) is 0 Å². The van der Waals surface area contributed by atoms with E-state index in [-0.39, 0.29) is 78.2 Å². The number of alkyl carbamates (subject to hydrolysis) is 2. The van der Waals surface area contributed by atoms with Gasteiger partial charge >= 0.3 is 24.3 Å². The van der Waals surface area contributed by atoms with Crippen LogP contribution in [0.25, 0.3) is 0 Å². The molecular formula is C80H126N22O10. The zero-order valence-electron chi connectivity index (χ0n) is 67.4. The fraction of sp³-hybridized carbons (Fsp3) is 0.662. The predicted octanol–water partition coefficient (Wildman–Crippen LogP) is 11.5. The molecule has 0 spiro atoms. The van der Waals surface area contributed by atoms with E-state index in [0.29, 0.717) is 73.3 Å². The molecule has 0 radical (unpaired) electrons. The van der Waals surface area contributed by atoms with Gasteiger partial charge in [0.25, 0.3) is 0 Å². The number of ether oxygens (including phenoxy) is 3. The monoisotopic (exact) mass is 1560 g/mol. The Labute approximate surface area is 660 Å². The van der Waals surface area contributed by atoms with Crippen LogP contribution in [0.2, 0.25) is 0 Å². The number of para-hydroxylation sites is 1. The molecule has 4 saturated heterocycles. The molecule has 8 fully saturated rings. The molecule has 32 heteroatoms. The number of nitrogens with one attached hydrogen (secondary N) is 12. The highest BCUT2D eigenvalue weighted by Crippen LogP contribution is 2.36. The number of amides is 8. The van der Waals surface area contributed by atoms with Crippen molar-refractivity contribution in [3.05, 3.63) is 78.4 Å². The second-order valence-corrected chi connectivity index (χ2v) is 32.7. The lowest BCUT2D eigenvalue weighted by molar-refractivity contribution is -0.130. The van der Waals surface area contributed by atoms with Crippen LogP contribution in [0.5, 0.6) is 5.75 Å². The number of hydrogen-bond donors (Lipinski definition) is 13. The molecule has 112 heavy (non-hydrogen) atoms. The summed E-state index contributed by atoms with van der Waals surface area (Å²) in [6, 6.07) is 18.5. The number of nitrogens with two attached hydrogens (primary N) is 1. The maximum absolute atomic E-state index is 12.5. The summed E-state index contributed by atoms with van der Waals surface area (Å²) in [5.74, 6) is 6.28. The molecule has 4 aromatic heterocycles. The zero-order chi connectivity index (χ0) is 80.0. The van der Waals surface area contributed by atoms with E-state index in [9.17, 15) is 33.6 Å². The number of anilines is 6. The average molecular weight is 1560 g/mol. The number of aromatic amines is 2. The Balaban J connectivity index is 0.000000174. The highest BCUT2D eigenvalue weighted by atomic mass is 16.6. The molecule has 0 unspecified atom stereocenters. The third-order valence-electron chi connectivity index (χ3n) is 21.3. The highest BCUT2D eigenvalue weighted by molar-refractivity contribution is 5.76. The number of likely N-dealkylation sites (tertiary alicyclic amines) is 3. The van der Waals surface area contributed by atoms with Gasteiger partial charge in [-0.15, -0.1) is 0 Å². The minimum absolute atomic E-state index is 0.0979. The van der Waals surface area contributed by atoms with Crippen LogP contribution in [-0.4, -0.2) is 209 Å². The molecular weight excluding hydrogens is 1430 g/mol. The van der Waals surface area contributed by atoms with Crippen molar-refractivity contribution in [3.63, 3.8) is 0 Å². The molecule has 8 heterocycles. The van der Waals surface area contributed by atoms with Crippen molar-refractivity contribution < 1.29 is 47.8 Å². The van der Waals surface area contributed by atoms with E-state index in [1.54, 1.807) is 50.2 Å². The number of benzene rings is 1. The molecule has 5 aromatic rings. The van der Waals surface area contributed by atoms with E-state index in [1.165, 1.54) is 62.8 Å².